The molecule has 142 valence electrons. The van der Waals surface area contributed by atoms with Crippen LogP contribution < -0.4 is 14.8 Å². The lowest BCUT2D eigenvalue weighted by atomic mass is 9.94. The molecule has 2 aliphatic rings. The number of hydrogen-bond donors (Lipinski definition) is 1. The Kier molecular flexibility index (Phi) is 6.01. The molecule has 26 heavy (non-hydrogen) atoms. The molecule has 1 N–H and O–H groups in total. The smallest absolute Gasteiger partial charge is 0.261 e. The summed E-state index contributed by atoms with van der Waals surface area (Å²) in [5.74, 6) is 1.07. The van der Waals surface area contributed by atoms with E-state index in [-0.39, 0.29) is 17.7 Å². The Labute approximate surface area is 154 Å². The highest BCUT2D eigenvalue weighted by atomic mass is 16.5. The Morgan fingerprint density at radius 2 is 1.58 bits per heavy atom. The highest BCUT2D eigenvalue weighted by Gasteiger charge is 2.31. The van der Waals surface area contributed by atoms with Crippen molar-refractivity contribution in [2.45, 2.75) is 44.6 Å². The summed E-state index contributed by atoms with van der Waals surface area (Å²) in [6.07, 6.45) is 5.99. The molecule has 0 bridgehead atoms. The maximum absolute atomic E-state index is 13.0. The quantitative estimate of drug-likeness (QED) is 0.876. The average Bonchev–Trinajstić information content (AvgIpc) is 3.19. The minimum absolute atomic E-state index is 0.000727. The van der Waals surface area contributed by atoms with Gasteiger partial charge < -0.3 is 19.7 Å². The number of hydrogen-bond acceptors (Lipinski definition) is 4. The van der Waals surface area contributed by atoms with Crippen LogP contribution in [0, 0.1) is 5.92 Å². The highest BCUT2D eigenvalue weighted by Crippen LogP contribution is 2.31. The maximum Gasteiger partial charge on any atom is 0.261 e. The zero-order valence-electron chi connectivity index (χ0n) is 15.6. The fourth-order valence-corrected chi connectivity index (χ4v) is 3.95. The summed E-state index contributed by atoms with van der Waals surface area (Å²) in [6.45, 7) is 1.14. The molecule has 1 aromatic rings. The highest BCUT2D eigenvalue weighted by molar-refractivity contribution is 6.00. The summed E-state index contributed by atoms with van der Waals surface area (Å²) in [5.41, 5.74) is 0.450. The largest absolute Gasteiger partial charge is 0.496 e. The molecule has 0 radical (unpaired) electrons. The van der Waals surface area contributed by atoms with E-state index in [1.807, 2.05) is 0 Å². The van der Waals surface area contributed by atoms with Crippen molar-refractivity contribution in [3.8, 4) is 11.5 Å². The predicted octanol–water partition coefficient (Wildman–Crippen LogP) is 2.61. The number of nitrogens with one attached hydrogen (secondary N) is 1. The van der Waals surface area contributed by atoms with Crippen LogP contribution in [0.1, 0.15) is 48.9 Å². The molecule has 1 saturated carbocycles. The van der Waals surface area contributed by atoms with E-state index < -0.39 is 0 Å². The number of methoxy groups -OCH3 is 2. The Balaban J connectivity index is 1.61. The van der Waals surface area contributed by atoms with Crippen molar-refractivity contribution >= 4 is 11.8 Å². The van der Waals surface area contributed by atoms with E-state index in [1.165, 1.54) is 12.8 Å². The molecule has 1 saturated heterocycles. The van der Waals surface area contributed by atoms with Gasteiger partial charge in [-0.1, -0.05) is 18.9 Å². The second kappa shape index (κ2) is 8.43. The minimum Gasteiger partial charge on any atom is -0.496 e. The zero-order valence-corrected chi connectivity index (χ0v) is 15.6. The minimum atomic E-state index is -0.103. The molecular weight excluding hydrogens is 332 g/mol. The van der Waals surface area contributed by atoms with Crippen molar-refractivity contribution in [1.82, 2.24) is 10.2 Å². The maximum atomic E-state index is 13.0. The lowest BCUT2D eigenvalue weighted by Crippen LogP contribution is -2.45. The fraction of sp³-hybridized carbons (Fsp3) is 0.600. The van der Waals surface area contributed by atoms with Crippen LogP contribution in [0.2, 0.25) is 0 Å². The van der Waals surface area contributed by atoms with Crippen LogP contribution in [-0.2, 0) is 4.79 Å². The van der Waals surface area contributed by atoms with Crippen molar-refractivity contribution in [1.29, 1.82) is 0 Å². The lowest BCUT2D eigenvalue weighted by molar-refractivity contribution is -0.127. The van der Waals surface area contributed by atoms with E-state index in [0.717, 1.165) is 12.8 Å². The molecular formula is C20H28N2O4. The van der Waals surface area contributed by atoms with E-state index in [2.05, 4.69) is 5.32 Å². The van der Waals surface area contributed by atoms with Gasteiger partial charge in [0.15, 0.2) is 0 Å². The zero-order chi connectivity index (χ0) is 18.5. The van der Waals surface area contributed by atoms with Gasteiger partial charge in [-0.05, 0) is 37.8 Å². The first kappa shape index (κ1) is 18.5. The normalized spacial score (nSPS) is 18.6. The Morgan fingerprint density at radius 1 is 1.00 bits per heavy atom. The van der Waals surface area contributed by atoms with Gasteiger partial charge in [-0.2, -0.15) is 0 Å². The molecule has 2 amide bonds. The van der Waals surface area contributed by atoms with E-state index in [4.69, 9.17) is 9.47 Å². The van der Waals surface area contributed by atoms with Gasteiger partial charge in [0, 0.05) is 25.0 Å². The van der Waals surface area contributed by atoms with Crippen LogP contribution in [0.3, 0.4) is 0 Å². The third-order valence-electron chi connectivity index (χ3n) is 5.50. The van der Waals surface area contributed by atoms with E-state index in [0.29, 0.717) is 49.0 Å². The van der Waals surface area contributed by atoms with Gasteiger partial charge >= 0.3 is 0 Å². The molecule has 6 heteroatoms. The SMILES string of the molecule is COc1cccc(OC)c1C(=O)N1CCC(C(=O)NC2CCCC2)CC1. The number of benzene rings is 1. The molecule has 1 heterocycles. The summed E-state index contributed by atoms with van der Waals surface area (Å²) in [7, 11) is 3.09. The molecule has 6 nitrogen and oxygen atoms in total. The van der Waals surface area contributed by atoms with Crippen molar-refractivity contribution in [3.05, 3.63) is 23.8 Å². The summed E-state index contributed by atoms with van der Waals surface area (Å²) in [5, 5.41) is 3.18. The standard InChI is InChI=1S/C20H28N2O4/c1-25-16-8-5-9-17(26-2)18(16)20(24)22-12-10-14(11-13-22)19(23)21-15-6-3-4-7-15/h5,8-9,14-15H,3-4,6-7,10-13H2,1-2H3,(H,21,23). The van der Waals surface area contributed by atoms with E-state index in [1.54, 1.807) is 37.3 Å². The van der Waals surface area contributed by atoms with Gasteiger partial charge in [-0.25, -0.2) is 0 Å². The second-order valence-electron chi connectivity index (χ2n) is 7.09. The number of ether oxygens (including phenoxy) is 2. The number of carbonyl (C=O) groups excluding carboxylic acids is 2. The molecule has 1 aromatic carbocycles. The molecule has 0 spiro atoms. The number of carbonyl (C=O) groups is 2. The predicted molar refractivity (Wildman–Crippen MR) is 98.6 cm³/mol. The van der Waals surface area contributed by atoms with Crippen LogP contribution in [0.15, 0.2) is 18.2 Å². The molecule has 3 rings (SSSR count). The summed E-state index contributed by atoms with van der Waals surface area (Å²) >= 11 is 0. The van der Waals surface area contributed by atoms with Crippen molar-refractivity contribution < 1.29 is 19.1 Å². The van der Waals surface area contributed by atoms with Gasteiger partial charge in [0.05, 0.1) is 14.2 Å². The van der Waals surface area contributed by atoms with Crippen LogP contribution >= 0.6 is 0 Å². The third kappa shape index (κ3) is 3.94. The van der Waals surface area contributed by atoms with Gasteiger partial charge in [-0.3, -0.25) is 9.59 Å². The van der Waals surface area contributed by atoms with Gasteiger partial charge in [0.1, 0.15) is 17.1 Å². The Morgan fingerprint density at radius 3 is 2.12 bits per heavy atom. The van der Waals surface area contributed by atoms with E-state index >= 15 is 0 Å². The average molecular weight is 360 g/mol. The molecule has 1 aliphatic heterocycles. The summed E-state index contributed by atoms with van der Waals surface area (Å²) in [6, 6.07) is 5.67. The van der Waals surface area contributed by atoms with Gasteiger partial charge in [0.25, 0.3) is 5.91 Å². The monoisotopic (exact) mass is 360 g/mol. The van der Waals surface area contributed by atoms with Gasteiger partial charge in [-0.15, -0.1) is 0 Å². The fourth-order valence-electron chi connectivity index (χ4n) is 3.95. The van der Waals surface area contributed by atoms with Crippen molar-refractivity contribution in [2.24, 2.45) is 5.92 Å². The van der Waals surface area contributed by atoms with Crippen molar-refractivity contribution in [3.63, 3.8) is 0 Å². The molecule has 2 fully saturated rings. The Hall–Kier alpha value is -2.24. The third-order valence-corrected chi connectivity index (χ3v) is 5.50. The first-order valence-corrected chi connectivity index (χ1v) is 9.44. The lowest BCUT2D eigenvalue weighted by Gasteiger charge is -2.32. The molecule has 1 aliphatic carbocycles. The summed E-state index contributed by atoms with van der Waals surface area (Å²) < 4.78 is 10.7. The Bertz CT molecular complexity index is 625. The molecule has 0 unspecified atom stereocenters. The number of amides is 2. The number of rotatable bonds is 5. The first-order valence-electron chi connectivity index (χ1n) is 9.44. The van der Waals surface area contributed by atoms with Crippen molar-refractivity contribution in [2.75, 3.05) is 27.3 Å². The summed E-state index contributed by atoms with van der Waals surface area (Å²) in [4.78, 5) is 27.2. The number of nitrogens with zero attached hydrogens (tertiary/aromatic N) is 1. The first-order chi connectivity index (χ1) is 12.6. The molecule has 0 atom stereocenters. The van der Waals surface area contributed by atoms with Gasteiger partial charge in [0.2, 0.25) is 5.91 Å². The number of piperidine rings is 1. The molecule has 0 aromatic heterocycles. The van der Waals surface area contributed by atoms with Crippen LogP contribution in [-0.4, -0.2) is 50.1 Å². The number of likely N-dealkylation sites (tertiary alicyclic amines) is 1. The van der Waals surface area contributed by atoms with Crippen LogP contribution in [0.4, 0.5) is 0 Å². The van der Waals surface area contributed by atoms with Crippen LogP contribution in [0.25, 0.3) is 0 Å². The van der Waals surface area contributed by atoms with E-state index in [9.17, 15) is 9.59 Å². The van der Waals surface area contributed by atoms with Crippen LogP contribution in [0.5, 0.6) is 11.5 Å². The topological polar surface area (TPSA) is 67.9 Å². The second-order valence-corrected chi connectivity index (χ2v) is 7.09.